The van der Waals surface area contributed by atoms with Gasteiger partial charge >= 0.3 is 260 Å². The molecule has 2 aromatic carbocycles. The Kier molecular flexibility index (Phi) is 10.9. The van der Waals surface area contributed by atoms with Crippen LogP contribution in [0.25, 0.3) is 0 Å². The number of hydrogen-bond donors (Lipinski definition) is 3. The van der Waals surface area contributed by atoms with Crippen molar-refractivity contribution in [3.8, 4) is 0 Å². The Labute approximate surface area is 280 Å². The summed E-state index contributed by atoms with van der Waals surface area (Å²) in [4.78, 5) is 39.4. The van der Waals surface area contributed by atoms with Crippen LogP contribution in [0.4, 0.5) is 0 Å². The molecule has 0 saturated carbocycles. The molecule has 5 heteroatoms. The van der Waals surface area contributed by atoms with E-state index >= 15 is 0 Å². The zero-order valence-electron chi connectivity index (χ0n) is 31.0. The van der Waals surface area contributed by atoms with E-state index in [2.05, 4.69) is 150 Å². The molecule has 0 bridgehead atoms. The third-order valence-corrected chi connectivity index (χ3v) is 11.1. The van der Waals surface area contributed by atoms with E-state index < -0.39 is 28.9 Å². The first-order chi connectivity index (χ1) is 18.2. The first-order valence-electron chi connectivity index (χ1n) is 15.8. The minimum absolute atomic E-state index is 0. The molecule has 0 atom stereocenters. The summed E-state index contributed by atoms with van der Waals surface area (Å²) in [6, 6.07) is 6.41. The molecule has 3 N–H and O–H groups in total. The van der Waals surface area contributed by atoms with Crippen molar-refractivity contribution in [2.24, 2.45) is 0 Å². The molecular formula is C38H65O3PPt. The third kappa shape index (κ3) is 8.06. The number of hydrogen-bond acceptors (Lipinski definition) is 3. The average Bonchev–Trinajstić information content (AvgIpc) is 2.72. The summed E-state index contributed by atoms with van der Waals surface area (Å²) in [5, 5.41) is 0.654. The molecule has 0 aliphatic rings. The first-order valence-corrected chi connectivity index (χ1v) is 17.9. The van der Waals surface area contributed by atoms with Gasteiger partial charge in [-0.25, -0.2) is 0 Å². The van der Waals surface area contributed by atoms with Crippen molar-refractivity contribution < 1.29 is 35.7 Å². The van der Waals surface area contributed by atoms with Crippen LogP contribution in [0.3, 0.4) is 0 Å². The summed E-state index contributed by atoms with van der Waals surface area (Å²) in [5.41, 5.74) is 4.51. The van der Waals surface area contributed by atoms with Crippen molar-refractivity contribution in [1.82, 2.24) is 0 Å². The topological polar surface area (TPSA) is 60.7 Å². The summed E-state index contributed by atoms with van der Waals surface area (Å²) in [6.07, 6.45) is 0.727. The van der Waals surface area contributed by atoms with Crippen LogP contribution in [0.1, 0.15) is 170 Å². The molecule has 0 aromatic heterocycles. The second-order valence-corrected chi connectivity index (χ2v) is 21.8. The van der Waals surface area contributed by atoms with Gasteiger partial charge in [0.2, 0.25) is 0 Å². The molecule has 0 spiro atoms. The number of rotatable bonds is 3. The maximum Gasteiger partial charge on any atom is 0 e. The van der Waals surface area contributed by atoms with E-state index in [9.17, 15) is 14.7 Å². The monoisotopic (exact) mass is 795 g/mol. The first kappa shape index (κ1) is 40.5. The fourth-order valence-corrected chi connectivity index (χ4v) is 9.96. The standard InChI is InChI=1S/C38H65O3P.Pt/c1-20-25-26(34(5,6)7)23-29(37(14,15)16)32(30(25)38(17,18)19)42(39,40,41)31-27(35(8,9)10)21-24(33(2,3)4)22-28(31)36(11,12)13;/h21-23,39-41H,20H2,1-19H3;. The molecule has 0 aliphatic carbocycles. The van der Waals surface area contributed by atoms with Gasteiger partial charge in [0.25, 0.3) is 0 Å². The molecule has 2 aromatic rings. The van der Waals surface area contributed by atoms with Crippen LogP contribution in [-0.2, 0) is 60.0 Å². The smallest absolute Gasteiger partial charge is 0 e. The Morgan fingerprint density at radius 3 is 1.05 bits per heavy atom. The van der Waals surface area contributed by atoms with Gasteiger partial charge in [-0.3, -0.25) is 0 Å². The van der Waals surface area contributed by atoms with E-state index in [1.54, 1.807) is 0 Å². The molecule has 0 amide bonds. The molecule has 0 radical (unpaired) electrons. The predicted molar refractivity (Wildman–Crippen MR) is 187 cm³/mol. The van der Waals surface area contributed by atoms with Gasteiger partial charge in [0.1, 0.15) is 0 Å². The van der Waals surface area contributed by atoms with Gasteiger partial charge < -0.3 is 0 Å². The second kappa shape index (κ2) is 11.6. The normalized spacial score (nSPS) is 15.2. The fourth-order valence-electron chi connectivity index (χ4n) is 6.32. The number of benzene rings is 2. The molecule has 0 heterocycles. The summed E-state index contributed by atoms with van der Waals surface area (Å²) in [5.74, 6) is 0. The van der Waals surface area contributed by atoms with E-state index in [4.69, 9.17) is 0 Å². The van der Waals surface area contributed by atoms with Crippen molar-refractivity contribution in [2.45, 2.75) is 170 Å². The minimum atomic E-state index is -5.81. The van der Waals surface area contributed by atoms with Crippen LogP contribution < -0.4 is 10.6 Å². The van der Waals surface area contributed by atoms with E-state index in [0.717, 1.165) is 39.8 Å². The van der Waals surface area contributed by atoms with Gasteiger partial charge in [-0.2, -0.15) is 0 Å². The van der Waals surface area contributed by atoms with Crippen LogP contribution in [0.5, 0.6) is 0 Å². The van der Waals surface area contributed by atoms with Gasteiger partial charge in [0.15, 0.2) is 0 Å². The van der Waals surface area contributed by atoms with Crippen LogP contribution in [0.2, 0.25) is 0 Å². The van der Waals surface area contributed by atoms with Crippen molar-refractivity contribution >= 4 is 17.9 Å². The van der Waals surface area contributed by atoms with Gasteiger partial charge in [-0.1, -0.05) is 0 Å². The van der Waals surface area contributed by atoms with Crippen molar-refractivity contribution in [3.05, 3.63) is 57.1 Å². The van der Waals surface area contributed by atoms with Gasteiger partial charge in [-0.05, 0) is 0 Å². The summed E-state index contributed by atoms with van der Waals surface area (Å²) in [7, 11) is -5.81. The Morgan fingerprint density at radius 2 is 0.791 bits per heavy atom. The second-order valence-electron chi connectivity index (χ2n) is 18.9. The quantitative estimate of drug-likeness (QED) is 0.272. The van der Waals surface area contributed by atoms with E-state index in [-0.39, 0.29) is 31.9 Å². The van der Waals surface area contributed by atoms with Gasteiger partial charge in [0.05, 0.1) is 0 Å². The summed E-state index contributed by atoms with van der Waals surface area (Å²) in [6.45, 7) is 40.7. The minimum Gasteiger partial charge on any atom is 0 e. The Balaban J connectivity index is 0.00000924. The maximum absolute atomic E-state index is 13.1. The van der Waals surface area contributed by atoms with Crippen LogP contribution in [0.15, 0.2) is 18.2 Å². The Bertz CT molecular complexity index is 1300. The molecule has 2 rings (SSSR count). The molecule has 0 saturated heterocycles. The van der Waals surface area contributed by atoms with E-state index in [1.165, 1.54) is 5.56 Å². The summed E-state index contributed by atoms with van der Waals surface area (Å²) >= 11 is 0. The van der Waals surface area contributed by atoms with Crippen LogP contribution in [0, 0.1) is 0 Å². The van der Waals surface area contributed by atoms with Crippen LogP contribution in [-0.4, -0.2) is 14.7 Å². The summed E-state index contributed by atoms with van der Waals surface area (Å²) < 4.78 is 0. The zero-order valence-corrected chi connectivity index (χ0v) is 34.2. The average molecular weight is 796 g/mol. The molecule has 0 unspecified atom stereocenters. The maximum atomic E-state index is 13.1. The van der Waals surface area contributed by atoms with Crippen molar-refractivity contribution in [2.75, 3.05) is 0 Å². The Morgan fingerprint density at radius 1 is 0.465 bits per heavy atom. The predicted octanol–water partition coefficient (Wildman–Crippen LogP) is 9.26. The molecule has 3 nitrogen and oxygen atoms in total. The molecular weight excluding hydrogens is 730 g/mol. The Hall–Kier alpha value is -0.562. The molecule has 0 aliphatic heterocycles. The van der Waals surface area contributed by atoms with Gasteiger partial charge in [0, 0.05) is 21.1 Å². The van der Waals surface area contributed by atoms with Crippen molar-refractivity contribution in [3.63, 3.8) is 0 Å². The van der Waals surface area contributed by atoms with E-state index in [1.807, 2.05) is 0 Å². The van der Waals surface area contributed by atoms with Crippen molar-refractivity contribution in [1.29, 1.82) is 0 Å². The fraction of sp³-hybridized carbons (Fsp3) is 0.684. The molecule has 43 heavy (non-hydrogen) atoms. The molecule has 0 fully saturated rings. The largest absolute Gasteiger partial charge is 0 e. The van der Waals surface area contributed by atoms with Gasteiger partial charge in [-0.15, -0.1) is 0 Å². The SMILES string of the molecule is CCc1c(C(C)(C)C)cc(C(C)(C)C)c(P(O)(O)(O)c2c(C(C)(C)C)cc(C(C)(C)C)cc2C(C)(C)C)c1C(C)(C)C.[Pt]. The molecule has 250 valence electrons. The van der Waals surface area contributed by atoms with E-state index in [0.29, 0.717) is 10.6 Å². The van der Waals surface area contributed by atoms with Crippen LogP contribution >= 0.6 is 7.28 Å². The zero-order chi connectivity index (χ0) is 33.5. The third-order valence-electron chi connectivity index (χ3n) is 8.54.